The standard InChI is InChI=1S/C14H21NO3/c1-4-6-10(5-2)15-14(17)12-8-7-11(18-3)9-13(12)16/h7-10,16H,4-6H2,1-3H3,(H,15,17). The van der Waals surface area contributed by atoms with E-state index in [9.17, 15) is 9.90 Å². The number of phenols is 1. The van der Waals surface area contributed by atoms with Crippen LogP contribution in [0, 0.1) is 0 Å². The molecule has 1 aromatic rings. The van der Waals surface area contributed by atoms with Crippen LogP contribution in [-0.4, -0.2) is 24.2 Å². The Balaban J connectivity index is 2.77. The van der Waals surface area contributed by atoms with Gasteiger partial charge in [-0.25, -0.2) is 0 Å². The second-order valence-electron chi connectivity index (χ2n) is 4.25. The fourth-order valence-corrected chi connectivity index (χ4v) is 1.82. The number of benzene rings is 1. The highest BCUT2D eigenvalue weighted by Gasteiger charge is 2.15. The number of amides is 1. The minimum absolute atomic E-state index is 0.0572. The van der Waals surface area contributed by atoms with E-state index < -0.39 is 0 Å². The molecule has 0 aliphatic rings. The highest BCUT2D eigenvalue weighted by Crippen LogP contribution is 2.23. The van der Waals surface area contributed by atoms with Gasteiger partial charge in [-0.1, -0.05) is 20.3 Å². The van der Waals surface area contributed by atoms with Gasteiger partial charge in [0.2, 0.25) is 0 Å². The van der Waals surface area contributed by atoms with Gasteiger partial charge in [0.25, 0.3) is 5.91 Å². The van der Waals surface area contributed by atoms with E-state index in [0.29, 0.717) is 5.75 Å². The maximum Gasteiger partial charge on any atom is 0.255 e. The van der Waals surface area contributed by atoms with Crippen LogP contribution in [0.2, 0.25) is 0 Å². The molecule has 0 aliphatic carbocycles. The Morgan fingerprint density at radius 1 is 1.44 bits per heavy atom. The topological polar surface area (TPSA) is 58.6 Å². The summed E-state index contributed by atoms with van der Waals surface area (Å²) in [7, 11) is 1.52. The number of carbonyl (C=O) groups is 1. The summed E-state index contributed by atoms with van der Waals surface area (Å²) in [6.07, 6.45) is 2.85. The largest absolute Gasteiger partial charge is 0.507 e. The average molecular weight is 251 g/mol. The van der Waals surface area contributed by atoms with Crippen molar-refractivity contribution in [2.75, 3.05) is 7.11 Å². The molecule has 100 valence electrons. The molecule has 0 bridgehead atoms. The first-order valence-corrected chi connectivity index (χ1v) is 6.30. The Labute approximate surface area is 108 Å². The van der Waals surface area contributed by atoms with Crippen LogP contribution >= 0.6 is 0 Å². The normalized spacial score (nSPS) is 11.9. The highest BCUT2D eigenvalue weighted by molar-refractivity contribution is 5.97. The summed E-state index contributed by atoms with van der Waals surface area (Å²) < 4.78 is 4.98. The van der Waals surface area contributed by atoms with Crippen molar-refractivity contribution in [2.45, 2.75) is 39.2 Å². The van der Waals surface area contributed by atoms with Gasteiger partial charge < -0.3 is 15.2 Å². The summed E-state index contributed by atoms with van der Waals surface area (Å²) in [6, 6.07) is 4.83. The van der Waals surface area contributed by atoms with Gasteiger partial charge in [0, 0.05) is 12.1 Å². The molecule has 1 aromatic carbocycles. The quantitative estimate of drug-likeness (QED) is 0.817. The number of nitrogens with one attached hydrogen (secondary N) is 1. The smallest absolute Gasteiger partial charge is 0.255 e. The van der Waals surface area contributed by atoms with E-state index in [4.69, 9.17) is 4.74 Å². The van der Waals surface area contributed by atoms with Crippen LogP contribution in [-0.2, 0) is 0 Å². The van der Waals surface area contributed by atoms with E-state index in [1.54, 1.807) is 12.1 Å². The molecule has 0 heterocycles. The third-order valence-corrected chi connectivity index (χ3v) is 2.91. The molecule has 0 aromatic heterocycles. The third kappa shape index (κ3) is 3.65. The first-order chi connectivity index (χ1) is 8.62. The Bertz CT molecular complexity index is 404. The highest BCUT2D eigenvalue weighted by atomic mass is 16.5. The van der Waals surface area contributed by atoms with Gasteiger partial charge in [-0.3, -0.25) is 4.79 Å². The summed E-state index contributed by atoms with van der Waals surface area (Å²) in [5.41, 5.74) is 0.283. The first-order valence-electron chi connectivity index (χ1n) is 6.30. The van der Waals surface area contributed by atoms with Gasteiger partial charge in [0.1, 0.15) is 11.5 Å². The summed E-state index contributed by atoms with van der Waals surface area (Å²) in [5.74, 6) is 0.235. The van der Waals surface area contributed by atoms with Gasteiger partial charge in [0.05, 0.1) is 12.7 Å². The third-order valence-electron chi connectivity index (χ3n) is 2.91. The Morgan fingerprint density at radius 2 is 2.17 bits per heavy atom. The molecule has 1 atom stereocenters. The molecule has 0 saturated carbocycles. The van der Waals surface area contributed by atoms with Crippen molar-refractivity contribution in [3.05, 3.63) is 23.8 Å². The minimum atomic E-state index is -0.240. The molecule has 18 heavy (non-hydrogen) atoms. The van der Waals surface area contributed by atoms with Crippen molar-refractivity contribution in [1.29, 1.82) is 0 Å². The lowest BCUT2D eigenvalue weighted by Crippen LogP contribution is -2.34. The van der Waals surface area contributed by atoms with E-state index in [1.807, 2.05) is 6.92 Å². The fourth-order valence-electron chi connectivity index (χ4n) is 1.82. The number of carbonyl (C=O) groups excluding carboxylic acids is 1. The number of methoxy groups -OCH3 is 1. The van der Waals surface area contributed by atoms with Crippen LogP contribution in [0.1, 0.15) is 43.5 Å². The Hall–Kier alpha value is -1.71. The SMILES string of the molecule is CCCC(CC)NC(=O)c1ccc(OC)cc1O. The van der Waals surface area contributed by atoms with Crippen molar-refractivity contribution in [3.63, 3.8) is 0 Å². The van der Waals surface area contributed by atoms with Crippen LogP contribution in [0.4, 0.5) is 0 Å². The summed E-state index contributed by atoms with van der Waals surface area (Å²) in [4.78, 5) is 12.0. The van der Waals surface area contributed by atoms with Gasteiger partial charge >= 0.3 is 0 Å². The predicted molar refractivity (Wildman–Crippen MR) is 71.1 cm³/mol. The molecule has 2 N–H and O–H groups in total. The molecule has 0 radical (unpaired) electrons. The lowest BCUT2D eigenvalue weighted by molar-refractivity contribution is 0.0931. The van der Waals surface area contributed by atoms with Crippen LogP contribution in [0.3, 0.4) is 0 Å². The number of hydrogen-bond donors (Lipinski definition) is 2. The van der Waals surface area contributed by atoms with E-state index in [-0.39, 0.29) is 23.3 Å². The first kappa shape index (κ1) is 14.4. The fraction of sp³-hybridized carbons (Fsp3) is 0.500. The van der Waals surface area contributed by atoms with Crippen molar-refractivity contribution < 1.29 is 14.6 Å². The zero-order valence-corrected chi connectivity index (χ0v) is 11.2. The van der Waals surface area contributed by atoms with Crippen LogP contribution < -0.4 is 10.1 Å². The molecule has 0 fully saturated rings. The molecule has 1 amide bonds. The van der Waals surface area contributed by atoms with Crippen molar-refractivity contribution in [3.8, 4) is 11.5 Å². The lowest BCUT2D eigenvalue weighted by Gasteiger charge is -2.16. The second kappa shape index (κ2) is 6.89. The summed E-state index contributed by atoms with van der Waals surface area (Å²) in [5, 5.41) is 12.7. The van der Waals surface area contributed by atoms with E-state index in [2.05, 4.69) is 12.2 Å². The molecule has 1 rings (SSSR count). The molecule has 4 heteroatoms. The summed E-state index contributed by atoms with van der Waals surface area (Å²) >= 11 is 0. The van der Waals surface area contributed by atoms with Crippen LogP contribution in [0.5, 0.6) is 11.5 Å². The zero-order chi connectivity index (χ0) is 13.5. The molecule has 0 aliphatic heterocycles. The average Bonchev–Trinajstić information content (AvgIpc) is 2.37. The number of phenolic OH excluding ortho intramolecular Hbond substituents is 1. The number of aromatic hydroxyl groups is 1. The lowest BCUT2D eigenvalue weighted by atomic mass is 10.1. The molecular weight excluding hydrogens is 230 g/mol. The number of hydrogen-bond acceptors (Lipinski definition) is 3. The van der Waals surface area contributed by atoms with E-state index >= 15 is 0 Å². The monoisotopic (exact) mass is 251 g/mol. The minimum Gasteiger partial charge on any atom is -0.507 e. The van der Waals surface area contributed by atoms with Crippen LogP contribution in [0.15, 0.2) is 18.2 Å². The van der Waals surface area contributed by atoms with Gasteiger partial charge in [0.15, 0.2) is 0 Å². The molecular formula is C14H21NO3. The number of rotatable bonds is 6. The van der Waals surface area contributed by atoms with Crippen molar-refractivity contribution in [1.82, 2.24) is 5.32 Å². The maximum atomic E-state index is 12.0. The van der Waals surface area contributed by atoms with Crippen molar-refractivity contribution in [2.24, 2.45) is 0 Å². The Morgan fingerprint density at radius 3 is 2.67 bits per heavy atom. The van der Waals surface area contributed by atoms with Crippen molar-refractivity contribution >= 4 is 5.91 Å². The van der Waals surface area contributed by atoms with E-state index in [0.717, 1.165) is 19.3 Å². The molecule has 1 unspecified atom stereocenters. The predicted octanol–water partition coefficient (Wildman–Crippen LogP) is 2.71. The second-order valence-corrected chi connectivity index (χ2v) is 4.25. The van der Waals surface area contributed by atoms with Crippen LogP contribution in [0.25, 0.3) is 0 Å². The molecule has 0 saturated heterocycles. The summed E-state index contributed by atoms with van der Waals surface area (Å²) in [6.45, 7) is 4.12. The van der Waals surface area contributed by atoms with Gasteiger partial charge in [-0.05, 0) is 25.0 Å². The van der Waals surface area contributed by atoms with Gasteiger partial charge in [-0.2, -0.15) is 0 Å². The molecule has 0 spiro atoms. The number of ether oxygens (including phenoxy) is 1. The Kier molecular flexibility index (Phi) is 5.49. The molecule has 4 nitrogen and oxygen atoms in total. The van der Waals surface area contributed by atoms with Gasteiger partial charge in [-0.15, -0.1) is 0 Å². The van der Waals surface area contributed by atoms with E-state index in [1.165, 1.54) is 13.2 Å². The maximum absolute atomic E-state index is 12.0. The zero-order valence-electron chi connectivity index (χ0n) is 11.2.